The summed E-state index contributed by atoms with van der Waals surface area (Å²) in [6, 6.07) is 7.96. The quantitative estimate of drug-likeness (QED) is 0.788. The van der Waals surface area contributed by atoms with E-state index in [-0.39, 0.29) is 5.92 Å². The molecule has 0 radical (unpaired) electrons. The standard InChI is InChI=1S/C13H13BrN2O/c14-12-1-2-13(11(7-12)8-15)16-5-3-10(9-17)4-6-16/h1-2,7,9-10H,3-6H2. The average molecular weight is 293 g/mol. The van der Waals surface area contributed by atoms with E-state index in [1.54, 1.807) is 0 Å². The van der Waals surface area contributed by atoms with Gasteiger partial charge in [-0.1, -0.05) is 15.9 Å². The Labute approximate surface area is 109 Å². The minimum absolute atomic E-state index is 0.187. The van der Waals surface area contributed by atoms with Gasteiger partial charge < -0.3 is 9.69 Å². The number of benzene rings is 1. The molecule has 1 fully saturated rings. The minimum atomic E-state index is 0.187. The lowest BCUT2D eigenvalue weighted by Crippen LogP contribution is -2.34. The van der Waals surface area contributed by atoms with Gasteiger partial charge in [0.15, 0.2) is 0 Å². The average Bonchev–Trinajstić information content (AvgIpc) is 2.39. The number of piperidine rings is 1. The molecule has 0 aromatic heterocycles. The van der Waals surface area contributed by atoms with Crippen molar-refractivity contribution < 1.29 is 4.79 Å². The molecule has 0 N–H and O–H groups in total. The Bertz CT molecular complexity index is 459. The number of aldehydes is 1. The number of hydrogen-bond donors (Lipinski definition) is 0. The molecule has 1 aliphatic heterocycles. The third-order valence-corrected chi connectivity index (χ3v) is 3.65. The number of carbonyl (C=O) groups is 1. The second-order valence-electron chi connectivity index (χ2n) is 4.23. The molecule has 2 rings (SSSR count). The van der Waals surface area contributed by atoms with E-state index in [2.05, 4.69) is 26.9 Å². The zero-order valence-electron chi connectivity index (χ0n) is 9.40. The normalized spacial score (nSPS) is 16.6. The molecule has 88 valence electrons. The zero-order chi connectivity index (χ0) is 12.3. The van der Waals surface area contributed by atoms with Crippen LogP contribution in [0.1, 0.15) is 18.4 Å². The van der Waals surface area contributed by atoms with Crippen molar-refractivity contribution in [2.75, 3.05) is 18.0 Å². The SMILES string of the molecule is N#Cc1cc(Br)ccc1N1CCC(C=O)CC1. The molecule has 0 atom stereocenters. The van der Waals surface area contributed by atoms with E-state index in [9.17, 15) is 4.79 Å². The fraction of sp³-hybridized carbons (Fsp3) is 0.385. The van der Waals surface area contributed by atoms with Crippen molar-refractivity contribution in [2.24, 2.45) is 5.92 Å². The van der Waals surface area contributed by atoms with Gasteiger partial charge in [0.05, 0.1) is 11.3 Å². The predicted octanol–water partition coefficient (Wildman–Crippen LogP) is 2.74. The summed E-state index contributed by atoms with van der Waals surface area (Å²) in [4.78, 5) is 12.9. The van der Waals surface area contributed by atoms with E-state index in [4.69, 9.17) is 5.26 Å². The Morgan fingerprint density at radius 2 is 2.12 bits per heavy atom. The fourth-order valence-electron chi connectivity index (χ4n) is 2.15. The number of nitrogens with zero attached hydrogens (tertiary/aromatic N) is 2. The van der Waals surface area contributed by atoms with Crippen molar-refractivity contribution in [3.8, 4) is 6.07 Å². The summed E-state index contributed by atoms with van der Waals surface area (Å²) in [6.07, 6.45) is 2.80. The molecule has 1 aliphatic rings. The maximum atomic E-state index is 10.7. The Morgan fingerprint density at radius 1 is 1.41 bits per heavy atom. The summed E-state index contributed by atoms with van der Waals surface area (Å²) < 4.78 is 0.917. The number of anilines is 1. The van der Waals surface area contributed by atoms with Gasteiger partial charge in [-0.3, -0.25) is 0 Å². The summed E-state index contributed by atoms with van der Waals surface area (Å²) in [7, 11) is 0. The topological polar surface area (TPSA) is 44.1 Å². The van der Waals surface area contributed by atoms with E-state index < -0.39 is 0 Å². The first kappa shape index (κ1) is 12.1. The molecule has 1 aromatic rings. The van der Waals surface area contributed by atoms with Crippen molar-refractivity contribution in [1.82, 2.24) is 0 Å². The molecular weight excluding hydrogens is 280 g/mol. The van der Waals surface area contributed by atoms with Gasteiger partial charge in [-0.25, -0.2) is 0 Å². The smallest absolute Gasteiger partial charge is 0.123 e. The fourth-order valence-corrected chi connectivity index (χ4v) is 2.51. The molecule has 1 saturated heterocycles. The monoisotopic (exact) mass is 292 g/mol. The Balaban J connectivity index is 2.19. The highest BCUT2D eigenvalue weighted by Crippen LogP contribution is 2.27. The zero-order valence-corrected chi connectivity index (χ0v) is 11.0. The van der Waals surface area contributed by atoms with Crippen LogP contribution < -0.4 is 4.90 Å². The highest BCUT2D eigenvalue weighted by Gasteiger charge is 2.20. The summed E-state index contributed by atoms with van der Waals surface area (Å²) in [5, 5.41) is 9.12. The lowest BCUT2D eigenvalue weighted by Gasteiger charge is -2.32. The molecule has 0 unspecified atom stereocenters. The molecule has 0 bridgehead atoms. The van der Waals surface area contributed by atoms with E-state index in [0.29, 0.717) is 5.56 Å². The number of rotatable bonds is 2. The van der Waals surface area contributed by atoms with Crippen LogP contribution in [0, 0.1) is 17.2 Å². The first-order valence-electron chi connectivity index (χ1n) is 5.64. The van der Waals surface area contributed by atoms with E-state index >= 15 is 0 Å². The van der Waals surface area contributed by atoms with Crippen LogP contribution in [0.2, 0.25) is 0 Å². The number of nitriles is 1. The number of carbonyl (C=O) groups excluding carboxylic acids is 1. The van der Waals surface area contributed by atoms with E-state index in [0.717, 1.165) is 42.4 Å². The van der Waals surface area contributed by atoms with E-state index in [1.165, 1.54) is 0 Å². The van der Waals surface area contributed by atoms with Crippen LogP contribution in [0.4, 0.5) is 5.69 Å². The second kappa shape index (κ2) is 5.33. The van der Waals surface area contributed by atoms with Crippen LogP contribution in [0.3, 0.4) is 0 Å². The van der Waals surface area contributed by atoms with Crippen LogP contribution in [0.25, 0.3) is 0 Å². The summed E-state index contributed by atoms with van der Waals surface area (Å²) in [5.74, 6) is 0.187. The van der Waals surface area contributed by atoms with Crippen molar-refractivity contribution in [1.29, 1.82) is 5.26 Å². The summed E-state index contributed by atoms with van der Waals surface area (Å²) >= 11 is 3.37. The van der Waals surface area contributed by atoms with Gasteiger partial charge in [-0.15, -0.1) is 0 Å². The highest BCUT2D eigenvalue weighted by molar-refractivity contribution is 9.10. The third-order valence-electron chi connectivity index (χ3n) is 3.15. The maximum absolute atomic E-state index is 10.7. The van der Waals surface area contributed by atoms with Crippen molar-refractivity contribution in [3.63, 3.8) is 0 Å². The molecule has 0 saturated carbocycles. The van der Waals surface area contributed by atoms with Crippen molar-refractivity contribution >= 4 is 27.9 Å². The van der Waals surface area contributed by atoms with E-state index in [1.807, 2.05) is 18.2 Å². The highest BCUT2D eigenvalue weighted by atomic mass is 79.9. The lowest BCUT2D eigenvalue weighted by atomic mass is 9.97. The van der Waals surface area contributed by atoms with Gasteiger partial charge in [-0.05, 0) is 31.0 Å². The molecule has 1 aromatic carbocycles. The molecule has 0 amide bonds. The first-order chi connectivity index (χ1) is 8.24. The molecule has 1 heterocycles. The molecule has 0 spiro atoms. The Hall–Kier alpha value is -1.34. The van der Waals surface area contributed by atoms with Gasteiger partial charge in [0.1, 0.15) is 12.4 Å². The predicted molar refractivity (Wildman–Crippen MR) is 69.9 cm³/mol. The molecule has 17 heavy (non-hydrogen) atoms. The third kappa shape index (κ3) is 2.67. The van der Waals surface area contributed by atoms with Crippen LogP contribution in [0.15, 0.2) is 22.7 Å². The lowest BCUT2D eigenvalue weighted by molar-refractivity contribution is -0.111. The largest absolute Gasteiger partial charge is 0.370 e. The second-order valence-corrected chi connectivity index (χ2v) is 5.15. The molecule has 4 heteroatoms. The molecule has 0 aliphatic carbocycles. The van der Waals surface area contributed by atoms with Gasteiger partial charge in [0.2, 0.25) is 0 Å². The number of hydrogen-bond acceptors (Lipinski definition) is 3. The van der Waals surface area contributed by atoms with Gasteiger partial charge in [0, 0.05) is 23.5 Å². The van der Waals surface area contributed by atoms with Crippen molar-refractivity contribution in [2.45, 2.75) is 12.8 Å². The number of halogens is 1. The first-order valence-corrected chi connectivity index (χ1v) is 6.44. The van der Waals surface area contributed by atoms with Crippen molar-refractivity contribution in [3.05, 3.63) is 28.2 Å². The molecule has 3 nitrogen and oxygen atoms in total. The Kier molecular flexibility index (Phi) is 3.80. The minimum Gasteiger partial charge on any atom is -0.370 e. The van der Waals surface area contributed by atoms with Crippen LogP contribution in [-0.4, -0.2) is 19.4 Å². The van der Waals surface area contributed by atoms with Crippen LogP contribution in [0.5, 0.6) is 0 Å². The van der Waals surface area contributed by atoms with Gasteiger partial charge >= 0.3 is 0 Å². The summed E-state index contributed by atoms with van der Waals surface area (Å²) in [5.41, 5.74) is 1.66. The Morgan fingerprint density at radius 3 is 2.71 bits per heavy atom. The van der Waals surface area contributed by atoms with Gasteiger partial charge in [-0.2, -0.15) is 5.26 Å². The van der Waals surface area contributed by atoms with Crippen LogP contribution in [-0.2, 0) is 4.79 Å². The maximum Gasteiger partial charge on any atom is 0.123 e. The summed E-state index contributed by atoms with van der Waals surface area (Å²) in [6.45, 7) is 1.69. The molecular formula is C13H13BrN2O. The van der Waals surface area contributed by atoms with Gasteiger partial charge in [0.25, 0.3) is 0 Å². The van der Waals surface area contributed by atoms with Crippen LogP contribution >= 0.6 is 15.9 Å².